The minimum Gasteiger partial charge on any atom is -0.348 e. The summed E-state index contributed by atoms with van der Waals surface area (Å²) in [6.07, 6.45) is 1.45. The third-order valence-corrected chi connectivity index (χ3v) is 5.80. The van der Waals surface area contributed by atoms with Crippen LogP contribution in [0.2, 0.25) is 0 Å². The van der Waals surface area contributed by atoms with Gasteiger partial charge in [0.25, 0.3) is 5.56 Å². The van der Waals surface area contributed by atoms with E-state index in [0.29, 0.717) is 10.2 Å². The molecule has 0 aliphatic carbocycles. The Balaban J connectivity index is 1.60. The van der Waals surface area contributed by atoms with Gasteiger partial charge in [0.2, 0.25) is 5.91 Å². The Morgan fingerprint density at radius 3 is 2.59 bits per heavy atom. The van der Waals surface area contributed by atoms with Crippen LogP contribution in [0, 0.1) is 6.92 Å². The molecule has 0 saturated heterocycles. The fourth-order valence-electron chi connectivity index (χ4n) is 3.29. The van der Waals surface area contributed by atoms with Crippen molar-refractivity contribution in [1.82, 2.24) is 14.9 Å². The highest BCUT2D eigenvalue weighted by Gasteiger charge is 2.16. The molecule has 0 spiro atoms. The summed E-state index contributed by atoms with van der Waals surface area (Å²) in [5.41, 5.74) is 3.80. The molecule has 0 radical (unpaired) electrons. The van der Waals surface area contributed by atoms with Crippen LogP contribution in [0.4, 0.5) is 0 Å². The number of fused-ring (bicyclic) bond motifs is 1. The van der Waals surface area contributed by atoms with Crippen molar-refractivity contribution in [3.8, 4) is 11.1 Å². The Kier molecular flexibility index (Phi) is 5.27. The molecule has 1 amide bonds. The van der Waals surface area contributed by atoms with E-state index < -0.39 is 0 Å². The molecular weight excluding hydrogens is 382 g/mol. The summed E-state index contributed by atoms with van der Waals surface area (Å²) < 4.78 is 1.37. The average Bonchev–Trinajstić information content (AvgIpc) is 3.16. The number of thiophene rings is 1. The second kappa shape index (κ2) is 8.01. The van der Waals surface area contributed by atoms with Crippen LogP contribution in [0.5, 0.6) is 0 Å². The Morgan fingerprint density at radius 2 is 1.86 bits per heavy atom. The summed E-state index contributed by atoms with van der Waals surface area (Å²) >= 11 is 1.44. The average molecular weight is 404 g/mol. The smallest absolute Gasteiger partial charge is 0.263 e. The van der Waals surface area contributed by atoms with Crippen molar-refractivity contribution in [2.75, 3.05) is 0 Å². The van der Waals surface area contributed by atoms with Crippen molar-refractivity contribution in [2.45, 2.75) is 26.4 Å². The maximum atomic E-state index is 13.1. The molecular formula is C23H21N3O2S. The van der Waals surface area contributed by atoms with Crippen molar-refractivity contribution in [1.29, 1.82) is 0 Å². The van der Waals surface area contributed by atoms with E-state index in [9.17, 15) is 9.59 Å². The number of rotatable bonds is 5. The Hall–Kier alpha value is -3.25. The zero-order chi connectivity index (χ0) is 20.4. The van der Waals surface area contributed by atoms with Crippen molar-refractivity contribution in [3.63, 3.8) is 0 Å². The fourth-order valence-corrected chi connectivity index (χ4v) is 4.20. The number of carbonyl (C=O) groups is 1. The van der Waals surface area contributed by atoms with Gasteiger partial charge in [0.1, 0.15) is 11.4 Å². The molecule has 0 aliphatic rings. The molecule has 29 heavy (non-hydrogen) atoms. The molecule has 2 heterocycles. The maximum absolute atomic E-state index is 13.1. The number of amides is 1. The second-order valence-electron chi connectivity index (χ2n) is 7.07. The second-order valence-corrected chi connectivity index (χ2v) is 7.93. The molecule has 0 fully saturated rings. The summed E-state index contributed by atoms with van der Waals surface area (Å²) in [5, 5.41) is 5.45. The van der Waals surface area contributed by atoms with Gasteiger partial charge in [-0.05, 0) is 25.0 Å². The first-order chi connectivity index (χ1) is 14.0. The molecule has 4 aromatic rings. The molecule has 0 bridgehead atoms. The molecule has 5 nitrogen and oxygen atoms in total. The number of nitrogens with zero attached hydrogens (tertiary/aromatic N) is 2. The number of benzene rings is 2. The predicted molar refractivity (Wildman–Crippen MR) is 117 cm³/mol. The maximum Gasteiger partial charge on any atom is 0.263 e. The molecule has 0 aliphatic heterocycles. The van der Waals surface area contributed by atoms with Crippen LogP contribution in [0.15, 0.2) is 71.1 Å². The molecule has 146 valence electrons. The summed E-state index contributed by atoms with van der Waals surface area (Å²) in [7, 11) is 0. The van der Waals surface area contributed by atoms with Gasteiger partial charge in [-0.1, -0.05) is 60.2 Å². The van der Waals surface area contributed by atoms with Crippen molar-refractivity contribution in [3.05, 3.63) is 87.8 Å². The van der Waals surface area contributed by atoms with E-state index in [-0.39, 0.29) is 24.1 Å². The van der Waals surface area contributed by atoms with Gasteiger partial charge in [0.15, 0.2) is 0 Å². The number of aromatic nitrogens is 2. The SMILES string of the molecule is Cc1ccc(-c2csc3ncn(CC(=O)N[C@H](C)c4ccccc4)c(=O)c23)cc1. The standard InChI is InChI=1S/C23H21N3O2S/c1-15-8-10-18(11-9-15)19-13-29-22-21(19)23(28)26(14-24-22)12-20(27)25-16(2)17-6-4-3-5-7-17/h3-11,13-14,16H,12H2,1-2H3,(H,25,27)/t16-/m1/s1. The lowest BCUT2D eigenvalue weighted by Gasteiger charge is -2.14. The van der Waals surface area contributed by atoms with Gasteiger partial charge in [-0.15, -0.1) is 11.3 Å². The molecule has 1 N–H and O–H groups in total. The molecule has 6 heteroatoms. The lowest BCUT2D eigenvalue weighted by atomic mass is 10.1. The molecule has 2 aromatic heterocycles. The number of nitrogens with one attached hydrogen (secondary N) is 1. The van der Waals surface area contributed by atoms with Gasteiger partial charge in [-0.25, -0.2) is 4.98 Å². The van der Waals surface area contributed by atoms with E-state index in [1.165, 1.54) is 22.2 Å². The minimum absolute atomic E-state index is 0.0673. The quantitative estimate of drug-likeness (QED) is 0.540. The van der Waals surface area contributed by atoms with Crippen LogP contribution >= 0.6 is 11.3 Å². The first-order valence-corrected chi connectivity index (χ1v) is 10.3. The Morgan fingerprint density at radius 1 is 1.14 bits per heavy atom. The van der Waals surface area contributed by atoms with Gasteiger partial charge in [-0.2, -0.15) is 0 Å². The van der Waals surface area contributed by atoms with E-state index in [0.717, 1.165) is 22.3 Å². The van der Waals surface area contributed by atoms with Gasteiger partial charge in [0.05, 0.1) is 17.8 Å². The summed E-state index contributed by atoms with van der Waals surface area (Å²) in [6, 6.07) is 17.6. The highest BCUT2D eigenvalue weighted by Crippen LogP contribution is 2.30. The van der Waals surface area contributed by atoms with E-state index in [2.05, 4.69) is 10.3 Å². The predicted octanol–water partition coefficient (Wildman–Crippen LogP) is 4.31. The Labute approximate surface area is 172 Å². The number of aryl methyl sites for hydroxylation is 1. The van der Waals surface area contributed by atoms with Crippen molar-refractivity contribution in [2.24, 2.45) is 0 Å². The highest BCUT2D eigenvalue weighted by molar-refractivity contribution is 7.17. The zero-order valence-corrected chi connectivity index (χ0v) is 17.1. The van der Waals surface area contributed by atoms with Gasteiger partial charge >= 0.3 is 0 Å². The Bertz CT molecular complexity index is 1210. The van der Waals surface area contributed by atoms with Crippen molar-refractivity contribution < 1.29 is 4.79 Å². The lowest BCUT2D eigenvalue weighted by molar-refractivity contribution is -0.122. The van der Waals surface area contributed by atoms with E-state index >= 15 is 0 Å². The monoisotopic (exact) mass is 403 g/mol. The van der Waals surface area contributed by atoms with Crippen LogP contribution < -0.4 is 10.9 Å². The highest BCUT2D eigenvalue weighted by atomic mass is 32.1. The molecule has 4 rings (SSSR count). The number of carbonyl (C=O) groups excluding carboxylic acids is 1. The van der Waals surface area contributed by atoms with Crippen LogP contribution in [0.1, 0.15) is 24.1 Å². The minimum atomic E-state index is -0.225. The summed E-state index contributed by atoms with van der Waals surface area (Å²) in [6.45, 7) is 3.88. The third-order valence-electron chi connectivity index (χ3n) is 4.91. The van der Waals surface area contributed by atoms with E-state index in [1.807, 2.05) is 73.8 Å². The normalized spacial score (nSPS) is 12.1. The number of hydrogen-bond donors (Lipinski definition) is 1. The fraction of sp³-hybridized carbons (Fsp3) is 0.174. The first kappa shape index (κ1) is 19.1. The molecule has 2 aromatic carbocycles. The summed E-state index contributed by atoms with van der Waals surface area (Å²) in [5.74, 6) is -0.225. The zero-order valence-electron chi connectivity index (χ0n) is 16.3. The van der Waals surface area contributed by atoms with Gasteiger partial charge < -0.3 is 5.32 Å². The van der Waals surface area contributed by atoms with Gasteiger partial charge in [0, 0.05) is 10.9 Å². The molecule has 0 saturated carbocycles. The van der Waals surface area contributed by atoms with Gasteiger partial charge in [-0.3, -0.25) is 14.2 Å². The van der Waals surface area contributed by atoms with E-state index in [4.69, 9.17) is 0 Å². The van der Waals surface area contributed by atoms with E-state index in [1.54, 1.807) is 0 Å². The largest absolute Gasteiger partial charge is 0.348 e. The van der Waals surface area contributed by atoms with Crippen LogP contribution in [-0.2, 0) is 11.3 Å². The lowest BCUT2D eigenvalue weighted by Crippen LogP contribution is -2.33. The summed E-state index contributed by atoms with van der Waals surface area (Å²) in [4.78, 5) is 30.7. The van der Waals surface area contributed by atoms with Crippen molar-refractivity contribution >= 4 is 27.5 Å². The molecule has 1 atom stereocenters. The number of hydrogen-bond acceptors (Lipinski definition) is 4. The van der Waals surface area contributed by atoms with Crippen LogP contribution in [0.25, 0.3) is 21.3 Å². The molecule has 0 unspecified atom stereocenters. The third kappa shape index (κ3) is 3.98. The van der Waals surface area contributed by atoms with Crippen LogP contribution in [0.3, 0.4) is 0 Å². The first-order valence-electron chi connectivity index (χ1n) is 9.41. The topological polar surface area (TPSA) is 64.0 Å². The van der Waals surface area contributed by atoms with Crippen LogP contribution in [-0.4, -0.2) is 15.5 Å².